The second-order valence-electron chi connectivity index (χ2n) is 5.27. The van der Waals surface area contributed by atoms with Gasteiger partial charge < -0.3 is 5.32 Å². The van der Waals surface area contributed by atoms with E-state index in [1.54, 1.807) is 25.7 Å². The fourth-order valence-corrected chi connectivity index (χ4v) is 3.84. The zero-order valence-corrected chi connectivity index (χ0v) is 6.84. The SMILES string of the molecule is C1C2CC3C(NCC34CC4)C12. The molecule has 1 saturated heterocycles. The highest BCUT2D eigenvalue weighted by molar-refractivity contribution is 5.18. The first-order valence-corrected chi connectivity index (χ1v) is 5.12. The molecule has 1 heteroatoms. The Morgan fingerprint density at radius 3 is 2.91 bits per heavy atom. The molecule has 0 bridgehead atoms. The summed E-state index contributed by atoms with van der Waals surface area (Å²) >= 11 is 0. The Morgan fingerprint density at radius 1 is 1.18 bits per heavy atom. The summed E-state index contributed by atoms with van der Waals surface area (Å²) in [6.45, 7) is 1.37. The van der Waals surface area contributed by atoms with Crippen LogP contribution < -0.4 is 5.32 Å². The molecule has 0 aromatic heterocycles. The lowest BCUT2D eigenvalue weighted by molar-refractivity contribution is 0.345. The van der Waals surface area contributed by atoms with E-state index in [1.807, 2.05) is 0 Å². The molecule has 0 aromatic carbocycles. The van der Waals surface area contributed by atoms with E-state index in [4.69, 9.17) is 0 Å². The summed E-state index contributed by atoms with van der Waals surface area (Å²) in [5, 5.41) is 3.76. The minimum absolute atomic E-state index is 0.845. The Hall–Kier alpha value is -0.0400. The maximum Gasteiger partial charge on any atom is 0.0132 e. The van der Waals surface area contributed by atoms with E-state index in [-0.39, 0.29) is 0 Å². The molecule has 0 aromatic rings. The van der Waals surface area contributed by atoms with Crippen molar-refractivity contribution in [2.45, 2.75) is 31.7 Å². The number of fused-ring (bicyclic) bond motifs is 4. The predicted molar refractivity (Wildman–Crippen MR) is 43.2 cm³/mol. The number of nitrogens with one attached hydrogen (secondary N) is 1. The van der Waals surface area contributed by atoms with Gasteiger partial charge in [-0.3, -0.25) is 0 Å². The topological polar surface area (TPSA) is 12.0 Å². The standard InChI is InChI=1S/C10H15N/c1-2-10(1)5-11-9-7-3-6(7)4-8(9)10/h6-9,11H,1-5H2. The van der Waals surface area contributed by atoms with Gasteiger partial charge in [-0.1, -0.05) is 0 Å². The van der Waals surface area contributed by atoms with Crippen LogP contribution in [0.25, 0.3) is 0 Å². The molecule has 1 nitrogen and oxygen atoms in total. The van der Waals surface area contributed by atoms with Crippen LogP contribution in [0.5, 0.6) is 0 Å². The monoisotopic (exact) mass is 149 g/mol. The van der Waals surface area contributed by atoms with Crippen LogP contribution in [0, 0.1) is 23.2 Å². The Bertz CT molecular complexity index is 219. The molecular weight excluding hydrogens is 134 g/mol. The normalized spacial score (nSPS) is 61.1. The van der Waals surface area contributed by atoms with Gasteiger partial charge in [0.05, 0.1) is 0 Å². The van der Waals surface area contributed by atoms with Crippen molar-refractivity contribution in [2.75, 3.05) is 6.54 Å². The molecule has 1 aliphatic heterocycles. The zero-order chi connectivity index (χ0) is 7.05. The Kier molecular flexibility index (Phi) is 0.706. The molecule has 1 N–H and O–H groups in total. The third kappa shape index (κ3) is 0.516. The highest BCUT2D eigenvalue weighted by Gasteiger charge is 2.65. The molecule has 1 heterocycles. The van der Waals surface area contributed by atoms with E-state index in [9.17, 15) is 0 Å². The first-order chi connectivity index (χ1) is 5.39. The van der Waals surface area contributed by atoms with E-state index in [1.165, 1.54) is 6.54 Å². The van der Waals surface area contributed by atoms with Gasteiger partial charge in [0.15, 0.2) is 0 Å². The van der Waals surface area contributed by atoms with Crippen LogP contribution in [0.1, 0.15) is 25.7 Å². The van der Waals surface area contributed by atoms with E-state index in [0.717, 1.165) is 29.2 Å². The molecule has 4 fully saturated rings. The summed E-state index contributed by atoms with van der Waals surface area (Å²) in [6, 6.07) is 0.975. The Morgan fingerprint density at radius 2 is 2.09 bits per heavy atom. The van der Waals surface area contributed by atoms with Gasteiger partial charge in [-0.2, -0.15) is 0 Å². The first-order valence-electron chi connectivity index (χ1n) is 5.12. The lowest BCUT2D eigenvalue weighted by atomic mass is 9.87. The summed E-state index contributed by atoms with van der Waals surface area (Å²) in [4.78, 5) is 0. The van der Waals surface area contributed by atoms with E-state index >= 15 is 0 Å². The largest absolute Gasteiger partial charge is 0.313 e. The van der Waals surface area contributed by atoms with Gasteiger partial charge in [-0.15, -0.1) is 0 Å². The minimum Gasteiger partial charge on any atom is -0.313 e. The van der Waals surface area contributed by atoms with Crippen molar-refractivity contribution in [1.82, 2.24) is 5.32 Å². The van der Waals surface area contributed by atoms with Gasteiger partial charge in [0.25, 0.3) is 0 Å². The lowest BCUT2D eigenvalue weighted by Crippen LogP contribution is -2.25. The third-order valence-electron chi connectivity index (χ3n) is 4.80. The molecule has 0 radical (unpaired) electrons. The fraction of sp³-hybridized carbons (Fsp3) is 1.00. The minimum atomic E-state index is 0.845. The second kappa shape index (κ2) is 1.39. The number of rotatable bonds is 0. The van der Waals surface area contributed by atoms with Crippen molar-refractivity contribution in [2.24, 2.45) is 23.2 Å². The van der Waals surface area contributed by atoms with E-state index < -0.39 is 0 Å². The Balaban J connectivity index is 1.74. The lowest BCUT2D eigenvalue weighted by Gasteiger charge is -2.17. The average molecular weight is 149 g/mol. The molecule has 1 spiro atoms. The van der Waals surface area contributed by atoms with Gasteiger partial charge in [0.1, 0.15) is 0 Å². The fourth-order valence-electron chi connectivity index (χ4n) is 3.84. The van der Waals surface area contributed by atoms with Gasteiger partial charge in [0.2, 0.25) is 0 Å². The molecule has 60 valence electrons. The maximum absolute atomic E-state index is 3.76. The van der Waals surface area contributed by atoms with Crippen molar-refractivity contribution in [3.05, 3.63) is 0 Å². The van der Waals surface area contributed by atoms with Crippen LogP contribution in [-0.2, 0) is 0 Å². The van der Waals surface area contributed by atoms with Crippen LogP contribution in [0.2, 0.25) is 0 Å². The van der Waals surface area contributed by atoms with Gasteiger partial charge in [-0.05, 0) is 48.9 Å². The molecule has 4 unspecified atom stereocenters. The number of hydrogen-bond donors (Lipinski definition) is 1. The van der Waals surface area contributed by atoms with E-state index in [2.05, 4.69) is 5.32 Å². The highest BCUT2D eigenvalue weighted by Crippen LogP contribution is 2.67. The summed E-state index contributed by atoms with van der Waals surface area (Å²) in [5.41, 5.74) is 0.845. The van der Waals surface area contributed by atoms with Crippen molar-refractivity contribution >= 4 is 0 Å². The van der Waals surface area contributed by atoms with Crippen LogP contribution >= 0.6 is 0 Å². The van der Waals surface area contributed by atoms with Crippen molar-refractivity contribution in [3.63, 3.8) is 0 Å². The summed E-state index contributed by atoms with van der Waals surface area (Å²) in [6.07, 6.45) is 6.23. The summed E-state index contributed by atoms with van der Waals surface area (Å²) in [7, 11) is 0. The Labute approximate surface area is 67.6 Å². The van der Waals surface area contributed by atoms with Crippen LogP contribution in [0.15, 0.2) is 0 Å². The van der Waals surface area contributed by atoms with Crippen LogP contribution in [-0.4, -0.2) is 12.6 Å². The highest BCUT2D eigenvalue weighted by atomic mass is 15.0. The molecule has 3 aliphatic carbocycles. The van der Waals surface area contributed by atoms with Gasteiger partial charge in [0, 0.05) is 12.6 Å². The van der Waals surface area contributed by atoms with Crippen molar-refractivity contribution in [3.8, 4) is 0 Å². The smallest absolute Gasteiger partial charge is 0.0132 e. The summed E-state index contributed by atoms with van der Waals surface area (Å²) in [5.74, 6) is 3.40. The van der Waals surface area contributed by atoms with Gasteiger partial charge >= 0.3 is 0 Å². The third-order valence-corrected chi connectivity index (χ3v) is 4.80. The first kappa shape index (κ1) is 5.58. The van der Waals surface area contributed by atoms with Crippen LogP contribution in [0.4, 0.5) is 0 Å². The molecule has 0 amide bonds. The van der Waals surface area contributed by atoms with Gasteiger partial charge in [-0.25, -0.2) is 0 Å². The zero-order valence-electron chi connectivity index (χ0n) is 6.84. The second-order valence-corrected chi connectivity index (χ2v) is 5.27. The average Bonchev–Trinajstić information content (AvgIpc) is 2.84. The van der Waals surface area contributed by atoms with Crippen molar-refractivity contribution < 1.29 is 0 Å². The molecule has 4 aliphatic rings. The predicted octanol–water partition coefficient (Wildman–Crippen LogP) is 1.39. The van der Waals surface area contributed by atoms with Crippen molar-refractivity contribution in [1.29, 1.82) is 0 Å². The summed E-state index contributed by atoms with van der Waals surface area (Å²) < 4.78 is 0. The molecule has 4 atom stereocenters. The molecule has 11 heavy (non-hydrogen) atoms. The molecular formula is C10H15N. The van der Waals surface area contributed by atoms with Crippen LogP contribution in [0.3, 0.4) is 0 Å². The number of hydrogen-bond acceptors (Lipinski definition) is 1. The molecule has 4 rings (SSSR count). The van der Waals surface area contributed by atoms with E-state index in [0.29, 0.717) is 0 Å². The maximum atomic E-state index is 3.76. The quantitative estimate of drug-likeness (QED) is 0.549. The molecule has 3 saturated carbocycles.